The van der Waals surface area contributed by atoms with E-state index in [9.17, 15) is 0 Å². The first-order valence-corrected chi connectivity index (χ1v) is 6.86. The molecule has 0 saturated heterocycles. The molecule has 0 aromatic heterocycles. The zero-order valence-electron chi connectivity index (χ0n) is 11.4. The van der Waals surface area contributed by atoms with Crippen LogP contribution in [0.4, 0.5) is 0 Å². The second-order valence-corrected chi connectivity index (χ2v) is 5.61. The van der Waals surface area contributed by atoms with Gasteiger partial charge in [-0.2, -0.15) is 5.26 Å². The fourth-order valence-corrected chi connectivity index (χ4v) is 3.30. The molecule has 96 valence electrons. The van der Waals surface area contributed by atoms with Crippen molar-refractivity contribution in [2.45, 2.75) is 38.0 Å². The summed E-state index contributed by atoms with van der Waals surface area (Å²) in [5, 5.41) is 12.4. The zero-order valence-corrected chi connectivity index (χ0v) is 11.4. The van der Waals surface area contributed by atoms with Crippen LogP contribution in [0.5, 0.6) is 0 Å². The minimum absolute atomic E-state index is 0.216. The summed E-state index contributed by atoms with van der Waals surface area (Å²) in [5.74, 6) is 0.671. The van der Waals surface area contributed by atoms with Gasteiger partial charge in [0.25, 0.3) is 0 Å². The highest BCUT2D eigenvalue weighted by Gasteiger charge is 2.37. The minimum atomic E-state index is 0.216. The van der Waals surface area contributed by atoms with Crippen LogP contribution >= 0.6 is 0 Å². The molecule has 0 amide bonds. The maximum Gasteiger partial charge on any atom is 0.0991 e. The highest BCUT2D eigenvalue weighted by Crippen LogP contribution is 2.43. The molecule has 2 heteroatoms. The van der Waals surface area contributed by atoms with Gasteiger partial charge in [-0.15, -0.1) is 0 Å². The average molecular weight is 242 g/mol. The highest BCUT2D eigenvalue weighted by molar-refractivity contribution is 5.37. The van der Waals surface area contributed by atoms with Crippen molar-refractivity contribution in [3.63, 3.8) is 0 Å². The fraction of sp³-hybridized carbons (Fsp3) is 0.562. The van der Waals surface area contributed by atoms with Gasteiger partial charge in [-0.3, -0.25) is 0 Å². The van der Waals surface area contributed by atoms with Crippen LogP contribution in [0.3, 0.4) is 0 Å². The maximum atomic E-state index is 9.05. The molecule has 2 rings (SSSR count). The third-order valence-electron chi connectivity index (χ3n) is 4.50. The zero-order chi connectivity index (χ0) is 13.0. The Morgan fingerprint density at radius 3 is 3.00 bits per heavy atom. The third kappa shape index (κ3) is 2.42. The summed E-state index contributed by atoms with van der Waals surface area (Å²) >= 11 is 0. The average Bonchev–Trinajstić information content (AvgIpc) is 2.42. The Morgan fingerprint density at radius 2 is 2.28 bits per heavy atom. The minimum Gasteiger partial charge on any atom is -0.319 e. The molecule has 0 unspecified atom stereocenters. The molecule has 1 aromatic carbocycles. The number of benzene rings is 1. The molecule has 1 aromatic rings. The van der Waals surface area contributed by atoms with Gasteiger partial charge >= 0.3 is 0 Å². The van der Waals surface area contributed by atoms with Crippen molar-refractivity contribution in [1.82, 2.24) is 5.32 Å². The molecule has 1 saturated carbocycles. The molecule has 1 N–H and O–H groups in total. The van der Waals surface area contributed by atoms with Gasteiger partial charge in [-0.1, -0.05) is 31.9 Å². The van der Waals surface area contributed by atoms with E-state index in [1.54, 1.807) is 0 Å². The summed E-state index contributed by atoms with van der Waals surface area (Å²) in [6.45, 7) is 3.43. The molecule has 0 heterocycles. The Morgan fingerprint density at radius 1 is 1.44 bits per heavy atom. The van der Waals surface area contributed by atoms with Crippen LogP contribution in [0.15, 0.2) is 24.3 Å². The van der Waals surface area contributed by atoms with E-state index in [4.69, 9.17) is 5.26 Å². The van der Waals surface area contributed by atoms with Gasteiger partial charge in [0.15, 0.2) is 0 Å². The highest BCUT2D eigenvalue weighted by atomic mass is 14.8. The first-order chi connectivity index (χ1) is 8.70. The lowest BCUT2D eigenvalue weighted by molar-refractivity contribution is 0.201. The van der Waals surface area contributed by atoms with E-state index in [-0.39, 0.29) is 5.41 Å². The van der Waals surface area contributed by atoms with E-state index < -0.39 is 0 Å². The van der Waals surface area contributed by atoms with E-state index >= 15 is 0 Å². The van der Waals surface area contributed by atoms with Crippen molar-refractivity contribution in [2.75, 3.05) is 13.6 Å². The largest absolute Gasteiger partial charge is 0.319 e. The molecule has 18 heavy (non-hydrogen) atoms. The molecule has 1 fully saturated rings. The topological polar surface area (TPSA) is 35.8 Å². The van der Waals surface area contributed by atoms with E-state index in [2.05, 4.69) is 30.4 Å². The maximum absolute atomic E-state index is 9.05. The molecule has 1 aliphatic carbocycles. The lowest BCUT2D eigenvalue weighted by Crippen LogP contribution is -2.40. The van der Waals surface area contributed by atoms with Gasteiger partial charge in [-0.25, -0.2) is 0 Å². The van der Waals surface area contributed by atoms with Crippen molar-refractivity contribution in [3.8, 4) is 6.07 Å². The summed E-state index contributed by atoms with van der Waals surface area (Å²) in [5.41, 5.74) is 2.33. The molecular weight excluding hydrogens is 220 g/mol. The normalized spacial score (nSPS) is 27.7. The number of hydrogen-bond acceptors (Lipinski definition) is 2. The summed E-state index contributed by atoms with van der Waals surface area (Å²) in [6.07, 6.45) is 5.15. The number of hydrogen-bond donors (Lipinski definition) is 1. The van der Waals surface area contributed by atoms with E-state index in [1.165, 1.54) is 31.2 Å². The number of nitrogens with one attached hydrogen (secondary N) is 1. The van der Waals surface area contributed by atoms with Gasteiger partial charge in [0.2, 0.25) is 0 Å². The molecule has 2 atom stereocenters. The lowest BCUT2D eigenvalue weighted by Gasteiger charge is -2.42. The standard InChI is InChI=1S/C16H22N2/c1-16(9-4-3-7-15(16)12-18-2)14-8-5-6-13(10-14)11-17/h5-6,8,10,15,18H,3-4,7,9,12H2,1-2H3/t15-,16-/m1/s1. The van der Waals surface area contributed by atoms with Gasteiger partial charge in [0.1, 0.15) is 0 Å². The predicted molar refractivity (Wildman–Crippen MR) is 74.4 cm³/mol. The Labute approximate surface area is 110 Å². The monoisotopic (exact) mass is 242 g/mol. The van der Waals surface area contributed by atoms with E-state index in [0.29, 0.717) is 5.92 Å². The van der Waals surface area contributed by atoms with Crippen LogP contribution in [-0.4, -0.2) is 13.6 Å². The first-order valence-electron chi connectivity index (χ1n) is 6.86. The van der Waals surface area contributed by atoms with Gasteiger partial charge in [-0.05, 0) is 55.5 Å². The van der Waals surface area contributed by atoms with Crippen LogP contribution < -0.4 is 5.32 Å². The van der Waals surface area contributed by atoms with Crippen LogP contribution in [0.25, 0.3) is 0 Å². The van der Waals surface area contributed by atoms with Crippen LogP contribution in [0.1, 0.15) is 43.7 Å². The Balaban J connectivity index is 2.34. The fourth-order valence-electron chi connectivity index (χ4n) is 3.30. The molecule has 0 bridgehead atoms. The first kappa shape index (κ1) is 13.1. The number of nitrogens with zero attached hydrogens (tertiary/aromatic N) is 1. The van der Waals surface area contributed by atoms with Gasteiger partial charge in [0.05, 0.1) is 11.6 Å². The summed E-state index contributed by atoms with van der Waals surface area (Å²) in [7, 11) is 2.03. The second-order valence-electron chi connectivity index (χ2n) is 5.61. The second kappa shape index (κ2) is 5.54. The van der Waals surface area contributed by atoms with Crippen LogP contribution in [0.2, 0.25) is 0 Å². The Kier molecular flexibility index (Phi) is 4.04. The third-order valence-corrected chi connectivity index (χ3v) is 4.50. The summed E-state index contributed by atoms with van der Waals surface area (Å²) in [4.78, 5) is 0. The Bertz CT molecular complexity index is 445. The van der Waals surface area contributed by atoms with Crippen molar-refractivity contribution in [2.24, 2.45) is 5.92 Å². The van der Waals surface area contributed by atoms with Crippen LogP contribution in [0, 0.1) is 17.2 Å². The molecular formula is C16H22N2. The Hall–Kier alpha value is -1.33. The quantitative estimate of drug-likeness (QED) is 0.883. The molecule has 0 aliphatic heterocycles. The number of nitriles is 1. The number of rotatable bonds is 3. The van der Waals surface area contributed by atoms with Crippen molar-refractivity contribution >= 4 is 0 Å². The smallest absolute Gasteiger partial charge is 0.0991 e. The molecule has 0 spiro atoms. The SMILES string of the molecule is CNC[C@H]1CCCC[C@]1(C)c1cccc(C#N)c1. The van der Waals surface area contributed by atoms with Crippen LogP contribution in [-0.2, 0) is 5.41 Å². The summed E-state index contributed by atoms with van der Waals surface area (Å²) in [6, 6.07) is 10.4. The predicted octanol–water partition coefficient (Wildman–Crippen LogP) is 3.23. The molecule has 2 nitrogen and oxygen atoms in total. The van der Waals surface area contributed by atoms with Gasteiger partial charge in [0, 0.05) is 0 Å². The molecule has 1 aliphatic rings. The lowest BCUT2D eigenvalue weighted by atomic mass is 9.63. The van der Waals surface area contributed by atoms with E-state index in [0.717, 1.165) is 12.1 Å². The van der Waals surface area contributed by atoms with Crippen molar-refractivity contribution in [1.29, 1.82) is 5.26 Å². The summed E-state index contributed by atoms with van der Waals surface area (Å²) < 4.78 is 0. The van der Waals surface area contributed by atoms with Crippen molar-refractivity contribution < 1.29 is 0 Å². The molecule has 0 radical (unpaired) electrons. The van der Waals surface area contributed by atoms with E-state index in [1.807, 2.05) is 19.2 Å². The van der Waals surface area contributed by atoms with Crippen molar-refractivity contribution in [3.05, 3.63) is 35.4 Å². The van der Waals surface area contributed by atoms with Gasteiger partial charge < -0.3 is 5.32 Å².